The van der Waals surface area contributed by atoms with Crippen molar-refractivity contribution in [2.45, 2.75) is 43.4 Å². The van der Waals surface area contributed by atoms with Crippen LogP contribution in [0.5, 0.6) is 5.75 Å². The molecular formula is C21H28N4O3S. The first-order valence-electron chi connectivity index (χ1n) is 9.89. The summed E-state index contributed by atoms with van der Waals surface area (Å²) < 4.78 is 34.0. The third-order valence-electron chi connectivity index (χ3n) is 5.87. The van der Waals surface area contributed by atoms with Crippen LogP contribution in [0.2, 0.25) is 0 Å². The summed E-state index contributed by atoms with van der Waals surface area (Å²) in [6.07, 6.45) is 1.66. The van der Waals surface area contributed by atoms with Crippen molar-refractivity contribution >= 4 is 15.8 Å². The van der Waals surface area contributed by atoms with Crippen LogP contribution in [0.3, 0.4) is 0 Å². The number of likely N-dealkylation sites (tertiary alicyclic amines) is 1. The molecular weight excluding hydrogens is 388 g/mol. The van der Waals surface area contributed by atoms with Crippen LogP contribution in [-0.4, -0.2) is 68.0 Å². The van der Waals surface area contributed by atoms with Gasteiger partial charge >= 0.3 is 0 Å². The molecule has 1 aromatic heterocycles. The number of hydrogen-bond acceptors (Lipinski definition) is 6. The fourth-order valence-corrected chi connectivity index (χ4v) is 6.58. The van der Waals surface area contributed by atoms with Gasteiger partial charge in [0.1, 0.15) is 16.5 Å². The fraction of sp³-hybridized carbons (Fsp3) is 0.476. The van der Waals surface area contributed by atoms with Gasteiger partial charge in [0.2, 0.25) is 10.0 Å². The number of anilines is 1. The van der Waals surface area contributed by atoms with Crippen molar-refractivity contribution in [3.8, 4) is 5.75 Å². The molecule has 0 aliphatic carbocycles. The molecule has 0 spiro atoms. The van der Waals surface area contributed by atoms with Crippen molar-refractivity contribution in [3.05, 3.63) is 48.2 Å². The topological polar surface area (TPSA) is 66.0 Å². The van der Waals surface area contributed by atoms with Crippen molar-refractivity contribution in [1.29, 1.82) is 0 Å². The molecule has 1 aromatic carbocycles. The maximum absolute atomic E-state index is 13.5. The van der Waals surface area contributed by atoms with E-state index < -0.39 is 10.0 Å². The number of nitrogens with zero attached hydrogens (tertiary/aromatic N) is 4. The quantitative estimate of drug-likeness (QED) is 0.761. The summed E-state index contributed by atoms with van der Waals surface area (Å²) >= 11 is 0. The molecule has 3 heterocycles. The van der Waals surface area contributed by atoms with Gasteiger partial charge in [0, 0.05) is 38.9 Å². The number of ether oxygens (including phenoxy) is 1. The van der Waals surface area contributed by atoms with Crippen LogP contribution in [0.1, 0.15) is 19.4 Å². The van der Waals surface area contributed by atoms with Crippen molar-refractivity contribution in [2.24, 2.45) is 0 Å². The Morgan fingerprint density at radius 1 is 1.14 bits per heavy atom. The Hall–Kier alpha value is -2.16. The number of aromatic nitrogens is 1. The minimum Gasteiger partial charge on any atom is -0.497 e. The molecule has 1 fully saturated rings. The van der Waals surface area contributed by atoms with E-state index in [2.05, 4.69) is 22.0 Å². The maximum atomic E-state index is 13.5. The average molecular weight is 417 g/mol. The largest absolute Gasteiger partial charge is 0.497 e. The van der Waals surface area contributed by atoms with Gasteiger partial charge in [-0.3, -0.25) is 4.90 Å². The molecule has 0 unspecified atom stereocenters. The summed E-state index contributed by atoms with van der Waals surface area (Å²) in [6, 6.07) is 11.2. The number of hydrogen-bond donors (Lipinski definition) is 0. The Bertz CT molecular complexity index is 978. The highest BCUT2D eigenvalue weighted by Gasteiger charge is 2.49. The molecule has 0 saturated carbocycles. The molecule has 2 aliphatic heterocycles. The van der Waals surface area contributed by atoms with Gasteiger partial charge in [-0.2, -0.15) is 4.31 Å². The lowest BCUT2D eigenvalue weighted by Crippen LogP contribution is -2.52. The molecule has 2 aliphatic rings. The molecule has 0 N–H and O–H groups in total. The Kier molecular flexibility index (Phi) is 5.27. The molecule has 0 amide bonds. The number of methoxy groups -OCH3 is 1. The van der Waals surface area contributed by atoms with Crippen LogP contribution in [0, 0.1) is 0 Å². The molecule has 2 atom stereocenters. The van der Waals surface area contributed by atoms with Crippen LogP contribution in [-0.2, 0) is 16.6 Å². The highest BCUT2D eigenvalue weighted by atomic mass is 32.2. The zero-order valence-corrected chi connectivity index (χ0v) is 18.1. The van der Waals surface area contributed by atoms with E-state index in [-0.39, 0.29) is 18.1 Å². The standard InChI is InChI=1S/C21H28N4O3S/c1-15(2)25-19-14-24(12-16-7-9-17(28-4)10-8-16)13-18(19)23(3)21-20(29(25,26)27)6-5-11-22-21/h5-11,15,18-19H,12-14H2,1-4H3/t18-,19+/m1/s1. The number of likely N-dealkylation sites (N-methyl/N-ethyl adjacent to an activating group) is 1. The maximum Gasteiger partial charge on any atom is 0.247 e. The first kappa shape index (κ1) is 20.1. The molecule has 29 heavy (non-hydrogen) atoms. The van der Waals surface area contributed by atoms with Crippen LogP contribution < -0.4 is 9.64 Å². The van der Waals surface area contributed by atoms with E-state index in [1.54, 1.807) is 29.7 Å². The third kappa shape index (κ3) is 3.49. The van der Waals surface area contributed by atoms with E-state index in [9.17, 15) is 8.42 Å². The molecule has 2 aromatic rings. The van der Waals surface area contributed by atoms with Gasteiger partial charge in [-0.1, -0.05) is 12.1 Å². The lowest BCUT2D eigenvalue weighted by molar-refractivity contribution is 0.249. The number of rotatable bonds is 4. The van der Waals surface area contributed by atoms with E-state index in [0.29, 0.717) is 17.3 Å². The number of sulfonamides is 1. The minimum atomic E-state index is -3.62. The molecule has 8 heteroatoms. The lowest BCUT2D eigenvalue weighted by atomic mass is 10.1. The van der Waals surface area contributed by atoms with Gasteiger partial charge in [-0.15, -0.1) is 0 Å². The Labute approximate surface area is 172 Å². The normalized spacial score (nSPS) is 24.2. The Morgan fingerprint density at radius 2 is 1.83 bits per heavy atom. The molecule has 0 bridgehead atoms. The molecule has 7 nitrogen and oxygen atoms in total. The fourth-order valence-electron chi connectivity index (χ4n) is 4.55. The van der Waals surface area contributed by atoms with Gasteiger partial charge in [-0.25, -0.2) is 13.4 Å². The molecule has 1 saturated heterocycles. The number of pyridine rings is 1. The predicted molar refractivity (Wildman–Crippen MR) is 113 cm³/mol. The van der Waals surface area contributed by atoms with Gasteiger partial charge in [0.25, 0.3) is 0 Å². The van der Waals surface area contributed by atoms with Gasteiger partial charge < -0.3 is 9.64 Å². The Morgan fingerprint density at radius 3 is 2.48 bits per heavy atom. The first-order valence-corrected chi connectivity index (χ1v) is 11.3. The van der Waals surface area contributed by atoms with Gasteiger partial charge in [0.15, 0.2) is 0 Å². The van der Waals surface area contributed by atoms with E-state index in [0.717, 1.165) is 18.8 Å². The van der Waals surface area contributed by atoms with Crippen LogP contribution in [0.25, 0.3) is 0 Å². The first-order chi connectivity index (χ1) is 13.8. The second-order valence-electron chi connectivity index (χ2n) is 8.04. The van der Waals surface area contributed by atoms with Crippen LogP contribution in [0.4, 0.5) is 5.82 Å². The van der Waals surface area contributed by atoms with Crippen LogP contribution >= 0.6 is 0 Å². The van der Waals surface area contributed by atoms with Gasteiger partial charge in [0.05, 0.1) is 19.2 Å². The lowest BCUT2D eigenvalue weighted by Gasteiger charge is -2.34. The zero-order valence-electron chi connectivity index (χ0n) is 17.3. The second-order valence-corrected chi connectivity index (χ2v) is 9.85. The summed E-state index contributed by atoms with van der Waals surface area (Å²) in [7, 11) is -0.00840. The second kappa shape index (κ2) is 7.59. The number of fused-ring (bicyclic) bond motifs is 2. The molecule has 4 rings (SSSR count). The van der Waals surface area contributed by atoms with E-state index in [1.807, 2.05) is 37.9 Å². The van der Waals surface area contributed by atoms with E-state index in [4.69, 9.17) is 4.74 Å². The molecule has 156 valence electrons. The smallest absolute Gasteiger partial charge is 0.247 e. The summed E-state index contributed by atoms with van der Waals surface area (Å²) in [6.45, 7) is 6.13. The van der Waals surface area contributed by atoms with Gasteiger partial charge in [-0.05, 0) is 43.7 Å². The predicted octanol–water partition coefficient (Wildman–Crippen LogP) is 2.19. The third-order valence-corrected chi connectivity index (χ3v) is 8.00. The van der Waals surface area contributed by atoms with E-state index in [1.165, 1.54) is 5.56 Å². The van der Waals surface area contributed by atoms with Crippen molar-refractivity contribution in [2.75, 3.05) is 32.1 Å². The van der Waals surface area contributed by atoms with E-state index >= 15 is 0 Å². The molecule has 0 radical (unpaired) electrons. The van der Waals surface area contributed by atoms with Crippen LogP contribution in [0.15, 0.2) is 47.5 Å². The van der Waals surface area contributed by atoms with Crippen molar-refractivity contribution in [3.63, 3.8) is 0 Å². The minimum absolute atomic E-state index is 0.0431. The van der Waals surface area contributed by atoms with Crippen molar-refractivity contribution < 1.29 is 13.2 Å². The summed E-state index contributed by atoms with van der Waals surface area (Å²) in [5.74, 6) is 1.37. The summed E-state index contributed by atoms with van der Waals surface area (Å²) in [5.41, 5.74) is 1.18. The zero-order chi connectivity index (χ0) is 20.8. The summed E-state index contributed by atoms with van der Waals surface area (Å²) in [5, 5.41) is 0. The Balaban J connectivity index is 1.67. The number of benzene rings is 1. The van der Waals surface area contributed by atoms with Crippen molar-refractivity contribution in [1.82, 2.24) is 14.2 Å². The summed E-state index contributed by atoms with van der Waals surface area (Å²) in [4.78, 5) is 9.10. The highest BCUT2D eigenvalue weighted by Crippen LogP contribution is 2.37. The SMILES string of the molecule is COc1ccc(CN2C[C@@H]3[C@H](C2)N(C(C)C)S(=O)(=O)c2cccnc2N3C)cc1. The highest BCUT2D eigenvalue weighted by molar-refractivity contribution is 7.89. The monoisotopic (exact) mass is 416 g/mol. The average Bonchev–Trinajstić information content (AvgIpc) is 3.07.